The topological polar surface area (TPSA) is 53.4 Å². The fourth-order valence-corrected chi connectivity index (χ4v) is 4.57. The summed E-state index contributed by atoms with van der Waals surface area (Å²) in [5, 5.41) is 5.96. The summed E-state index contributed by atoms with van der Waals surface area (Å²) in [5.41, 5.74) is 5.95. The lowest BCUT2D eigenvalue weighted by molar-refractivity contribution is -0.140. The van der Waals surface area contributed by atoms with Crippen molar-refractivity contribution >= 4 is 29.2 Å². The van der Waals surface area contributed by atoms with E-state index < -0.39 is 0 Å². The highest BCUT2D eigenvalue weighted by molar-refractivity contribution is 6.42. The van der Waals surface area contributed by atoms with Crippen molar-refractivity contribution in [1.29, 1.82) is 0 Å². The minimum absolute atomic E-state index is 0.102. The number of hydrogen-bond acceptors (Lipinski definition) is 4. The molecule has 0 radical (unpaired) electrons. The van der Waals surface area contributed by atoms with Gasteiger partial charge in [-0.3, -0.25) is 4.79 Å². The van der Waals surface area contributed by atoms with Crippen LogP contribution in [-0.2, 0) is 16.0 Å². The lowest BCUT2D eigenvalue weighted by Gasteiger charge is -2.16. The number of methoxy groups -OCH3 is 2. The molecule has 186 valence electrons. The molecule has 4 rings (SSSR count). The Morgan fingerprint density at radius 1 is 0.972 bits per heavy atom. The zero-order chi connectivity index (χ0) is 25.7. The molecular formula is C29H28Cl2N2O3. The zero-order valence-electron chi connectivity index (χ0n) is 20.5. The van der Waals surface area contributed by atoms with Crippen LogP contribution in [0.5, 0.6) is 5.75 Å². The second-order valence-corrected chi connectivity index (χ2v) is 9.50. The number of benzene rings is 3. The first-order valence-corrected chi connectivity index (χ1v) is 12.5. The Morgan fingerprint density at radius 2 is 1.75 bits per heavy atom. The van der Waals surface area contributed by atoms with E-state index in [4.69, 9.17) is 37.8 Å². The van der Waals surface area contributed by atoms with Gasteiger partial charge in [-0.2, -0.15) is 5.10 Å². The number of rotatable bonds is 9. The molecule has 1 atom stereocenters. The highest BCUT2D eigenvalue weighted by Crippen LogP contribution is 2.33. The third-order valence-corrected chi connectivity index (χ3v) is 6.93. The van der Waals surface area contributed by atoms with E-state index in [0.717, 1.165) is 28.4 Å². The van der Waals surface area contributed by atoms with Crippen LogP contribution in [0.25, 0.3) is 16.9 Å². The Bertz CT molecular complexity index is 1350. The number of aryl methyl sites for hydroxylation is 1. The van der Waals surface area contributed by atoms with Gasteiger partial charge in [0.05, 0.1) is 41.3 Å². The number of hydrogen-bond donors (Lipinski definition) is 0. The van der Waals surface area contributed by atoms with E-state index >= 15 is 0 Å². The summed E-state index contributed by atoms with van der Waals surface area (Å²) in [5.74, 6) is 0.655. The maximum Gasteiger partial charge on any atom is 0.305 e. The van der Waals surface area contributed by atoms with Gasteiger partial charge in [0.25, 0.3) is 0 Å². The van der Waals surface area contributed by atoms with Crippen LogP contribution in [0, 0.1) is 6.92 Å². The van der Waals surface area contributed by atoms with Gasteiger partial charge in [0.2, 0.25) is 0 Å². The van der Waals surface area contributed by atoms with E-state index in [1.165, 1.54) is 18.2 Å². The minimum Gasteiger partial charge on any atom is -0.497 e. The maximum absolute atomic E-state index is 11.9. The molecule has 7 heteroatoms. The summed E-state index contributed by atoms with van der Waals surface area (Å²) in [6.07, 6.45) is 1.67. The van der Waals surface area contributed by atoms with Crippen molar-refractivity contribution in [3.05, 3.63) is 99.7 Å². The molecule has 0 saturated heterocycles. The first-order valence-electron chi connectivity index (χ1n) is 11.7. The molecule has 3 aromatic carbocycles. The summed E-state index contributed by atoms with van der Waals surface area (Å²) in [7, 11) is 3.06. The lowest BCUT2D eigenvalue weighted by atomic mass is 9.89. The van der Waals surface area contributed by atoms with Crippen molar-refractivity contribution in [2.75, 3.05) is 14.2 Å². The van der Waals surface area contributed by atoms with Crippen LogP contribution in [0.3, 0.4) is 0 Å². The molecule has 36 heavy (non-hydrogen) atoms. The van der Waals surface area contributed by atoms with E-state index in [0.29, 0.717) is 29.3 Å². The van der Waals surface area contributed by atoms with Crippen molar-refractivity contribution in [3.63, 3.8) is 0 Å². The van der Waals surface area contributed by atoms with Crippen LogP contribution in [-0.4, -0.2) is 30.0 Å². The van der Waals surface area contributed by atoms with Crippen LogP contribution < -0.4 is 4.74 Å². The molecule has 0 aliphatic heterocycles. The Hall–Kier alpha value is -3.28. The normalized spacial score (nSPS) is 11.8. The highest BCUT2D eigenvalue weighted by atomic mass is 35.5. The van der Waals surface area contributed by atoms with Crippen LogP contribution in [0.2, 0.25) is 10.0 Å². The number of ether oxygens (including phenoxy) is 2. The molecule has 0 N–H and O–H groups in total. The average Bonchev–Trinajstić information content (AvgIpc) is 3.31. The van der Waals surface area contributed by atoms with Crippen LogP contribution in [0.4, 0.5) is 0 Å². The summed E-state index contributed by atoms with van der Waals surface area (Å²) in [4.78, 5) is 11.9. The van der Waals surface area contributed by atoms with Gasteiger partial charge in [-0.15, -0.1) is 0 Å². The molecular weight excluding hydrogens is 495 g/mol. The number of esters is 1. The van der Waals surface area contributed by atoms with Gasteiger partial charge < -0.3 is 9.47 Å². The standard InChI is InChI=1S/C29H28Cl2N2O3/c1-19-5-4-6-20(15-19)21(8-14-29(34)36-3)16-23-18-28(22-7-13-26(30)27(31)17-22)33(32-23)24-9-11-25(35-2)12-10-24/h4-7,9-13,15,17-18,21H,8,14,16H2,1-3H3. The van der Waals surface area contributed by atoms with Gasteiger partial charge in [0.1, 0.15) is 5.75 Å². The Kier molecular flexibility index (Phi) is 8.34. The van der Waals surface area contributed by atoms with E-state index in [2.05, 4.69) is 31.2 Å². The van der Waals surface area contributed by atoms with Crippen molar-refractivity contribution in [1.82, 2.24) is 9.78 Å². The van der Waals surface area contributed by atoms with Gasteiger partial charge in [-0.25, -0.2) is 4.68 Å². The predicted octanol–water partition coefficient (Wildman–Crippen LogP) is 7.44. The average molecular weight is 523 g/mol. The first-order chi connectivity index (χ1) is 17.4. The van der Waals surface area contributed by atoms with E-state index in [-0.39, 0.29) is 11.9 Å². The van der Waals surface area contributed by atoms with Gasteiger partial charge >= 0.3 is 5.97 Å². The molecule has 0 spiro atoms. The summed E-state index contributed by atoms with van der Waals surface area (Å²) in [6, 6.07) is 23.8. The highest BCUT2D eigenvalue weighted by Gasteiger charge is 2.20. The van der Waals surface area contributed by atoms with Crippen molar-refractivity contribution < 1.29 is 14.3 Å². The summed E-state index contributed by atoms with van der Waals surface area (Å²) in [6.45, 7) is 2.07. The molecule has 0 fully saturated rings. The number of aromatic nitrogens is 2. The van der Waals surface area contributed by atoms with Gasteiger partial charge in [-0.05, 0) is 73.7 Å². The Balaban J connectivity index is 1.75. The van der Waals surface area contributed by atoms with Crippen LogP contribution in [0.15, 0.2) is 72.8 Å². The second kappa shape index (κ2) is 11.6. The molecule has 1 heterocycles. The largest absolute Gasteiger partial charge is 0.497 e. The third kappa shape index (κ3) is 6.10. The predicted molar refractivity (Wildman–Crippen MR) is 144 cm³/mol. The van der Waals surface area contributed by atoms with Crippen LogP contribution >= 0.6 is 23.2 Å². The molecule has 0 aliphatic rings. The molecule has 0 saturated carbocycles. The molecule has 0 aliphatic carbocycles. The fraction of sp³-hybridized carbons (Fsp3) is 0.241. The zero-order valence-corrected chi connectivity index (χ0v) is 22.0. The molecule has 5 nitrogen and oxygen atoms in total. The van der Waals surface area contributed by atoms with Crippen molar-refractivity contribution in [3.8, 4) is 22.7 Å². The van der Waals surface area contributed by atoms with Gasteiger partial charge in [0.15, 0.2) is 0 Å². The Labute approximate surface area is 221 Å². The van der Waals surface area contributed by atoms with Crippen molar-refractivity contribution in [2.45, 2.75) is 32.1 Å². The minimum atomic E-state index is -0.215. The van der Waals surface area contributed by atoms with Gasteiger partial charge in [-0.1, -0.05) is 59.1 Å². The molecule has 0 amide bonds. The molecule has 0 bridgehead atoms. The van der Waals surface area contributed by atoms with Crippen molar-refractivity contribution in [2.24, 2.45) is 0 Å². The number of carbonyl (C=O) groups excluding carboxylic acids is 1. The summed E-state index contributed by atoms with van der Waals surface area (Å²) < 4.78 is 12.1. The summed E-state index contributed by atoms with van der Waals surface area (Å²) >= 11 is 12.5. The Morgan fingerprint density at radius 3 is 2.42 bits per heavy atom. The van der Waals surface area contributed by atoms with Crippen LogP contribution in [0.1, 0.15) is 35.6 Å². The quantitative estimate of drug-likeness (QED) is 0.214. The number of nitrogens with zero attached hydrogens (tertiary/aromatic N) is 2. The molecule has 4 aromatic rings. The molecule has 1 aromatic heterocycles. The third-order valence-electron chi connectivity index (χ3n) is 6.19. The maximum atomic E-state index is 11.9. The van der Waals surface area contributed by atoms with Gasteiger partial charge in [0, 0.05) is 12.0 Å². The van der Waals surface area contributed by atoms with E-state index in [9.17, 15) is 4.79 Å². The second-order valence-electron chi connectivity index (χ2n) is 8.69. The first kappa shape index (κ1) is 25.8. The van der Waals surface area contributed by atoms with E-state index in [1.807, 2.05) is 47.1 Å². The SMILES string of the molecule is COC(=O)CCC(Cc1cc(-c2ccc(Cl)c(Cl)c2)n(-c2ccc(OC)cc2)n1)c1cccc(C)c1. The van der Waals surface area contributed by atoms with E-state index in [1.54, 1.807) is 13.2 Å². The fourth-order valence-electron chi connectivity index (χ4n) is 4.27. The monoisotopic (exact) mass is 522 g/mol. The molecule has 1 unspecified atom stereocenters. The lowest BCUT2D eigenvalue weighted by Crippen LogP contribution is -2.09. The number of carbonyl (C=O) groups is 1. The smallest absolute Gasteiger partial charge is 0.305 e. The number of halogens is 2.